The first kappa shape index (κ1) is 17.2. The number of rotatable bonds is 6. The fourth-order valence-electron chi connectivity index (χ4n) is 2.17. The molecule has 0 aliphatic rings. The third kappa shape index (κ3) is 4.66. The number of ether oxygens (including phenoxy) is 2. The molecular weight excluding hydrogens is 360 g/mol. The molecular formula is C18H17BrO4. The molecule has 0 amide bonds. The summed E-state index contributed by atoms with van der Waals surface area (Å²) in [6.07, 6.45) is 0.453. The van der Waals surface area contributed by atoms with Gasteiger partial charge in [0.2, 0.25) is 0 Å². The fraction of sp³-hybridized carbons (Fsp3) is 0.222. The van der Waals surface area contributed by atoms with Gasteiger partial charge in [-0.15, -0.1) is 0 Å². The zero-order valence-corrected chi connectivity index (χ0v) is 14.6. The number of carbonyl (C=O) groups excluding carboxylic acids is 2. The number of benzene rings is 2. The minimum Gasteiger partial charge on any atom is -0.497 e. The Morgan fingerprint density at radius 2 is 1.78 bits per heavy atom. The minimum atomic E-state index is -0.384. The van der Waals surface area contributed by atoms with E-state index in [9.17, 15) is 9.59 Å². The van der Waals surface area contributed by atoms with Gasteiger partial charge in [-0.2, -0.15) is 0 Å². The van der Waals surface area contributed by atoms with Crippen molar-refractivity contribution in [3.8, 4) is 5.75 Å². The second kappa shape index (κ2) is 7.92. The molecule has 4 nitrogen and oxygen atoms in total. The average Bonchev–Trinajstić information content (AvgIpc) is 2.55. The lowest BCUT2D eigenvalue weighted by molar-refractivity contribution is 0.0509. The van der Waals surface area contributed by atoms with Crippen LogP contribution in [0.5, 0.6) is 5.75 Å². The van der Waals surface area contributed by atoms with Crippen LogP contribution in [-0.4, -0.2) is 25.5 Å². The Labute approximate surface area is 143 Å². The highest BCUT2D eigenvalue weighted by Crippen LogP contribution is 2.19. The molecule has 0 N–H and O–H groups in total. The van der Waals surface area contributed by atoms with E-state index < -0.39 is 0 Å². The van der Waals surface area contributed by atoms with Gasteiger partial charge in [-0.3, -0.25) is 4.79 Å². The van der Waals surface area contributed by atoms with E-state index in [1.165, 1.54) is 6.92 Å². The first-order valence-corrected chi connectivity index (χ1v) is 7.91. The van der Waals surface area contributed by atoms with Gasteiger partial charge in [0.1, 0.15) is 5.75 Å². The second-order valence-corrected chi connectivity index (χ2v) is 5.89. The molecule has 2 rings (SSSR count). The molecule has 2 aromatic rings. The smallest absolute Gasteiger partial charge is 0.338 e. The topological polar surface area (TPSA) is 52.6 Å². The number of Topliss-reactive ketones (excluding diaryl/α,β-unsaturated/α-hetero) is 1. The maximum atomic E-state index is 12.0. The Morgan fingerprint density at radius 3 is 2.39 bits per heavy atom. The van der Waals surface area contributed by atoms with Gasteiger partial charge in [0, 0.05) is 16.5 Å². The predicted molar refractivity (Wildman–Crippen MR) is 91.1 cm³/mol. The molecule has 0 aromatic heterocycles. The second-order valence-electron chi connectivity index (χ2n) is 4.97. The molecule has 0 aliphatic heterocycles. The van der Waals surface area contributed by atoms with E-state index in [0.717, 1.165) is 10.0 Å². The Kier molecular flexibility index (Phi) is 5.93. The van der Waals surface area contributed by atoms with Crippen LogP contribution in [0.2, 0.25) is 0 Å². The van der Waals surface area contributed by atoms with Gasteiger partial charge in [-0.1, -0.05) is 15.9 Å². The van der Waals surface area contributed by atoms with Crippen LogP contribution in [0.4, 0.5) is 0 Å². The van der Waals surface area contributed by atoms with Crippen LogP contribution in [0, 0.1) is 0 Å². The molecule has 0 saturated heterocycles. The van der Waals surface area contributed by atoms with Gasteiger partial charge in [0.05, 0.1) is 19.3 Å². The van der Waals surface area contributed by atoms with Crippen LogP contribution in [-0.2, 0) is 11.2 Å². The number of hydrogen-bond donors (Lipinski definition) is 0. The summed E-state index contributed by atoms with van der Waals surface area (Å²) in [5, 5.41) is 0. The molecule has 0 bridgehead atoms. The molecule has 2 aromatic carbocycles. The quantitative estimate of drug-likeness (QED) is 0.563. The third-order valence-electron chi connectivity index (χ3n) is 3.38. The highest BCUT2D eigenvalue weighted by Gasteiger charge is 2.11. The van der Waals surface area contributed by atoms with Crippen molar-refractivity contribution in [1.82, 2.24) is 0 Å². The largest absolute Gasteiger partial charge is 0.497 e. The standard InChI is InChI=1S/C18H17BrO4/c1-12(20)17-8-7-16(22-2)11-14(17)9-10-23-18(21)13-3-5-15(19)6-4-13/h3-8,11H,9-10H2,1-2H3. The molecule has 0 unspecified atom stereocenters. The Morgan fingerprint density at radius 1 is 1.09 bits per heavy atom. The highest BCUT2D eigenvalue weighted by atomic mass is 79.9. The van der Waals surface area contributed by atoms with E-state index in [-0.39, 0.29) is 18.4 Å². The summed E-state index contributed by atoms with van der Waals surface area (Å²) in [5.74, 6) is 0.260. The van der Waals surface area contributed by atoms with Crippen molar-refractivity contribution in [2.24, 2.45) is 0 Å². The molecule has 0 spiro atoms. The molecule has 23 heavy (non-hydrogen) atoms. The first-order chi connectivity index (χ1) is 11.0. The van der Waals surface area contributed by atoms with Crippen LogP contribution in [0.15, 0.2) is 46.9 Å². The van der Waals surface area contributed by atoms with Crippen molar-refractivity contribution in [1.29, 1.82) is 0 Å². The van der Waals surface area contributed by atoms with Crippen LogP contribution in [0.25, 0.3) is 0 Å². The van der Waals surface area contributed by atoms with Crippen molar-refractivity contribution < 1.29 is 19.1 Å². The maximum absolute atomic E-state index is 12.0. The summed E-state index contributed by atoms with van der Waals surface area (Å²) < 4.78 is 11.3. The number of ketones is 1. The fourth-order valence-corrected chi connectivity index (χ4v) is 2.43. The third-order valence-corrected chi connectivity index (χ3v) is 3.90. The zero-order chi connectivity index (χ0) is 16.8. The molecule has 0 atom stereocenters. The van der Waals surface area contributed by atoms with Crippen LogP contribution < -0.4 is 4.74 Å². The SMILES string of the molecule is COc1ccc(C(C)=O)c(CCOC(=O)c2ccc(Br)cc2)c1. The lowest BCUT2D eigenvalue weighted by Crippen LogP contribution is -2.10. The molecule has 5 heteroatoms. The average molecular weight is 377 g/mol. The van der Waals surface area contributed by atoms with Crippen LogP contribution >= 0.6 is 15.9 Å². The van der Waals surface area contributed by atoms with Crippen LogP contribution in [0.3, 0.4) is 0 Å². The molecule has 0 aliphatic carbocycles. The summed E-state index contributed by atoms with van der Waals surface area (Å²) in [5.41, 5.74) is 1.91. The lowest BCUT2D eigenvalue weighted by Gasteiger charge is -2.10. The normalized spacial score (nSPS) is 10.2. The van der Waals surface area contributed by atoms with E-state index >= 15 is 0 Å². The Hall–Kier alpha value is -2.14. The molecule has 0 heterocycles. The van der Waals surface area contributed by atoms with Gasteiger partial charge < -0.3 is 9.47 Å². The minimum absolute atomic E-state index is 0.0260. The number of hydrogen-bond acceptors (Lipinski definition) is 4. The first-order valence-electron chi connectivity index (χ1n) is 7.12. The van der Waals surface area contributed by atoms with Crippen molar-refractivity contribution >= 4 is 27.7 Å². The molecule has 0 radical (unpaired) electrons. The summed E-state index contributed by atoms with van der Waals surface area (Å²) in [6.45, 7) is 1.71. The Bertz CT molecular complexity index is 707. The maximum Gasteiger partial charge on any atom is 0.338 e. The van der Waals surface area contributed by atoms with E-state index in [1.807, 2.05) is 0 Å². The van der Waals surface area contributed by atoms with Gasteiger partial charge in [0.25, 0.3) is 0 Å². The van der Waals surface area contributed by atoms with E-state index in [0.29, 0.717) is 23.3 Å². The molecule has 0 saturated carbocycles. The van der Waals surface area contributed by atoms with E-state index in [4.69, 9.17) is 9.47 Å². The predicted octanol–water partition coefficient (Wildman–Crippen LogP) is 4.06. The summed E-state index contributed by atoms with van der Waals surface area (Å²) >= 11 is 3.32. The van der Waals surface area contributed by atoms with Crippen LogP contribution in [0.1, 0.15) is 33.2 Å². The Balaban J connectivity index is 2.01. The number of esters is 1. The highest BCUT2D eigenvalue weighted by molar-refractivity contribution is 9.10. The summed E-state index contributed by atoms with van der Waals surface area (Å²) in [7, 11) is 1.57. The van der Waals surface area contributed by atoms with Crippen molar-refractivity contribution in [2.45, 2.75) is 13.3 Å². The molecule has 120 valence electrons. The van der Waals surface area contributed by atoms with Crippen molar-refractivity contribution in [3.63, 3.8) is 0 Å². The number of carbonyl (C=O) groups is 2. The van der Waals surface area contributed by atoms with Crippen molar-refractivity contribution in [3.05, 3.63) is 63.6 Å². The summed E-state index contributed by atoms with van der Waals surface area (Å²) in [4.78, 5) is 23.6. The zero-order valence-electron chi connectivity index (χ0n) is 13.0. The summed E-state index contributed by atoms with van der Waals surface area (Å²) in [6, 6.07) is 12.2. The van der Waals surface area contributed by atoms with Gasteiger partial charge in [-0.05, 0) is 55.0 Å². The van der Waals surface area contributed by atoms with E-state index in [2.05, 4.69) is 15.9 Å². The van der Waals surface area contributed by atoms with Gasteiger partial charge >= 0.3 is 5.97 Å². The van der Waals surface area contributed by atoms with Gasteiger partial charge in [-0.25, -0.2) is 4.79 Å². The van der Waals surface area contributed by atoms with E-state index in [1.54, 1.807) is 49.6 Å². The van der Waals surface area contributed by atoms with Gasteiger partial charge in [0.15, 0.2) is 5.78 Å². The monoisotopic (exact) mass is 376 g/mol. The van der Waals surface area contributed by atoms with Crippen molar-refractivity contribution in [2.75, 3.05) is 13.7 Å². The molecule has 0 fully saturated rings. The number of halogens is 1. The lowest BCUT2D eigenvalue weighted by atomic mass is 10.0. The number of methoxy groups -OCH3 is 1.